The van der Waals surface area contributed by atoms with Crippen LogP contribution in [0.4, 0.5) is 5.69 Å². The fourth-order valence-electron chi connectivity index (χ4n) is 4.22. The van der Waals surface area contributed by atoms with Crippen molar-refractivity contribution in [2.45, 2.75) is 12.8 Å². The van der Waals surface area contributed by atoms with Crippen molar-refractivity contribution in [2.24, 2.45) is 5.73 Å². The van der Waals surface area contributed by atoms with E-state index in [4.69, 9.17) is 22.6 Å². The van der Waals surface area contributed by atoms with Crippen molar-refractivity contribution < 1.29 is 9.59 Å². The molecule has 1 aliphatic carbocycles. The first kappa shape index (κ1) is 21.4. The summed E-state index contributed by atoms with van der Waals surface area (Å²) >= 11 is 6.17. The van der Waals surface area contributed by atoms with Gasteiger partial charge in [-0.1, -0.05) is 29.8 Å². The Morgan fingerprint density at radius 2 is 1.82 bits per heavy atom. The molecule has 0 aliphatic heterocycles. The van der Waals surface area contributed by atoms with Gasteiger partial charge in [-0.05, 0) is 66.9 Å². The van der Waals surface area contributed by atoms with E-state index >= 15 is 0 Å². The lowest BCUT2D eigenvalue weighted by atomic mass is 9.88. The molecule has 0 spiro atoms. The SMILES string of the molecule is N#Cc1ccc(-n2nc(C(N)=O)c3c2-c2cc(NC(=O)c4ccccc4Cl)ccc2CC3)cc1. The van der Waals surface area contributed by atoms with Gasteiger partial charge in [-0.2, -0.15) is 10.4 Å². The first-order valence-electron chi connectivity index (χ1n) is 10.6. The van der Waals surface area contributed by atoms with E-state index in [1.807, 2.05) is 18.2 Å². The molecule has 1 aliphatic rings. The number of nitrogens with zero attached hydrogens (tertiary/aromatic N) is 3. The minimum atomic E-state index is -0.602. The summed E-state index contributed by atoms with van der Waals surface area (Å²) in [5, 5.41) is 16.9. The number of nitrogens with one attached hydrogen (secondary N) is 1. The second-order valence-corrected chi connectivity index (χ2v) is 8.32. The van der Waals surface area contributed by atoms with Gasteiger partial charge in [0.2, 0.25) is 0 Å². The average molecular weight is 468 g/mol. The molecule has 166 valence electrons. The molecule has 3 aromatic carbocycles. The maximum absolute atomic E-state index is 12.8. The number of aromatic nitrogens is 2. The summed E-state index contributed by atoms with van der Waals surface area (Å²) in [6.07, 6.45) is 1.32. The number of carbonyl (C=O) groups is 2. The van der Waals surface area contributed by atoms with Crippen LogP contribution >= 0.6 is 11.6 Å². The summed E-state index contributed by atoms with van der Waals surface area (Å²) in [4.78, 5) is 25.0. The molecule has 0 saturated carbocycles. The molecule has 8 heteroatoms. The van der Waals surface area contributed by atoms with Gasteiger partial charge in [-0.3, -0.25) is 9.59 Å². The zero-order valence-electron chi connectivity index (χ0n) is 17.9. The third-order valence-corrected chi connectivity index (χ3v) is 6.17. The van der Waals surface area contributed by atoms with Crippen molar-refractivity contribution >= 4 is 29.1 Å². The van der Waals surface area contributed by atoms with Crippen LogP contribution in [0.1, 0.15) is 37.5 Å². The first-order valence-corrected chi connectivity index (χ1v) is 11.0. The largest absolute Gasteiger partial charge is 0.364 e. The number of nitriles is 1. The van der Waals surface area contributed by atoms with E-state index in [1.165, 1.54) is 0 Å². The van der Waals surface area contributed by atoms with Gasteiger partial charge in [-0.15, -0.1) is 0 Å². The molecular formula is C26H18ClN5O2. The van der Waals surface area contributed by atoms with Crippen LogP contribution in [0.25, 0.3) is 16.9 Å². The smallest absolute Gasteiger partial charge is 0.269 e. The molecule has 7 nitrogen and oxygen atoms in total. The van der Waals surface area contributed by atoms with Crippen LogP contribution in [0.3, 0.4) is 0 Å². The highest BCUT2D eigenvalue weighted by Crippen LogP contribution is 2.38. The molecule has 0 fully saturated rings. The number of nitrogens with two attached hydrogens (primary N) is 1. The third kappa shape index (κ3) is 3.70. The normalized spacial score (nSPS) is 11.8. The highest BCUT2D eigenvalue weighted by molar-refractivity contribution is 6.34. The highest BCUT2D eigenvalue weighted by atomic mass is 35.5. The van der Waals surface area contributed by atoms with E-state index < -0.39 is 5.91 Å². The fourth-order valence-corrected chi connectivity index (χ4v) is 4.44. The summed E-state index contributed by atoms with van der Waals surface area (Å²) in [6, 6.07) is 21.5. The van der Waals surface area contributed by atoms with E-state index in [1.54, 1.807) is 53.2 Å². The monoisotopic (exact) mass is 467 g/mol. The van der Waals surface area contributed by atoms with Crippen molar-refractivity contribution in [3.05, 3.63) is 99.7 Å². The van der Waals surface area contributed by atoms with Crippen molar-refractivity contribution in [3.8, 4) is 23.0 Å². The maximum Gasteiger partial charge on any atom is 0.269 e. The molecule has 4 aromatic rings. The Kier molecular flexibility index (Phi) is 5.36. The number of amides is 2. The number of anilines is 1. The second-order valence-electron chi connectivity index (χ2n) is 7.92. The summed E-state index contributed by atoms with van der Waals surface area (Å²) in [5.41, 5.74) is 11.5. The zero-order chi connectivity index (χ0) is 23.8. The maximum atomic E-state index is 12.8. The standard InChI is InChI=1S/C26H18ClN5O2/c27-22-4-2-1-3-19(22)26(34)30-17-9-7-16-8-12-20-23(25(29)33)31-32(24(20)21(16)13-17)18-10-5-15(14-28)6-11-18/h1-7,9-11,13H,8,12H2,(H2,29,33)(H,30,34). The molecule has 34 heavy (non-hydrogen) atoms. The summed E-state index contributed by atoms with van der Waals surface area (Å²) < 4.78 is 1.67. The Balaban J connectivity index is 1.61. The van der Waals surface area contributed by atoms with E-state index in [0.29, 0.717) is 40.4 Å². The second kappa shape index (κ2) is 8.50. The Hall–Kier alpha value is -4.41. The molecule has 1 aromatic heterocycles. The van der Waals surface area contributed by atoms with E-state index in [9.17, 15) is 9.59 Å². The van der Waals surface area contributed by atoms with Gasteiger partial charge in [0.15, 0.2) is 5.69 Å². The van der Waals surface area contributed by atoms with Crippen molar-refractivity contribution in [3.63, 3.8) is 0 Å². The molecule has 5 rings (SSSR count). The molecule has 0 bridgehead atoms. The lowest BCUT2D eigenvalue weighted by molar-refractivity contribution is 0.0992. The predicted octanol–water partition coefficient (Wildman–Crippen LogP) is 4.51. The number of hydrogen-bond donors (Lipinski definition) is 2. The minimum Gasteiger partial charge on any atom is -0.364 e. The topological polar surface area (TPSA) is 114 Å². The number of primary amides is 1. The van der Waals surface area contributed by atoms with Gasteiger partial charge in [0.25, 0.3) is 11.8 Å². The Labute approximate surface area is 200 Å². The van der Waals surface area contributed by atoms with Crippen LogP contribution in [0.15, 0.2) is 66.7 Å². The molecule has 0 saturated heterocycles. The number of hydrogen-bond acceptors (Lipinski definition) is 4. The number of benzene rings is 3. The zero-order valence-corrected chi connectivity index (χ0v) is 18.6. The van der Waals surface area contributed by atoms with E-state index in [-0.39, 0.29) is 11.6 Å². The molecule has 0 unspecified atom stereocenters. The summed E-state index contributed by atoms with van der Waals surface area (Å²) in [5.74, 6) is -0.921. The van der Waals surface area contributed by atoms with Gasteiger partial charge in [0.1, 0.15) is 0 Å². The van der Waals surface area contributed by atoms with Crippen LogP contribution in [0, 0.1) is 11.3 Å². The molecular weight excluding hydrogens is 450 g/mol. The van der Waals surface area contributed by atoms with Crippen molar-refractivity contribution in [1.29, 1.82) is 5.26 Å². The molecule has 3 N–H and O–H groups in total. The molecule has 0 radical (unpaired) electrons. The van der Waals surface area contributed by atoms with Gasteiger partial charge in [0.05, 0.1) is 33.6 Å². The van der Waals surface area contributed by atoms with Crippen LogP contribution < -0.4 is 11.1 Å². The Bertz CT molecular complexity index is 1500. The van der Waals surface area contributed by atoms with Gasteiger partial charge < -0.3 is 11.1 Å². The quantitative estimate of drug-likeness (QED) is 0.459. The van der Waals surface area contributed by atoms with Crippen LogP contribution in [-0.2, 0) is 12.8 Å². The number of aryl methyl sites for hydroxylation is 1. The van der Waals surface area contributed by atoms with Crippen LogP contribution in [0.2, 0.25) is 5.02 Å². The average Bonchev–Trinajstić information content (AvgIpc) is 3.25. The third-order valence-electron chi connectivity index (χ3n) is 5.84. The lowest BCUT2D eigenvalue weighted by Crippen LogP contribution is -2.15. The Morgan fingerprint density at radius 3 is 2.53 bits per heavy atom. The van der Waals surface area contributed by atoms with Gasteiger partial charge in [-0.25, -0.2) is 4.68 Å². The summed E-state index contributed by atoms with van der Waals surface area (Å²) in [6.45, 7) is 0. The highest BCUT2D eigenvalue weighted by Gasteiger charge is 2.28. The predicted molar refractivity (Wildman–Crippen MR) is 129 cm³/mol. The van der Waals surface area contributed by atoms with E-state index in [2.05, 4.69) is 16.5 Å². The van der Waals surface area contributed by atoms with E-state index in [0.717, 1.165) is 22.4 Å². The molecule has 2 amide bonds. The number of halogens is 1. The first-order chi connectivity index (χ1) is 16.5. The van der Waals surface area contributed by atoms with Crippen LogP contribution in [0.5, 0.6) is 0 Å². The minimum absolute atomic E-state index is 0.218. The lowest BCUT2D eigenvalue weighted by Gasteiger charge is -2.20. The fraction of sp³-hybridized carbons (Fsp3) is 0.0769. The van der Waals surface area contributed by atoms with Gasteiger partial charge >= 0.3 is 0 Å². The molecule has 0 atom stereocenters. The number of rotatable bonds is 4. The summed E-state index contributed by atoms with van der Waals surface area (Å²) in [7, 11) is 0. The Morgan fingerprint density at radius 1 is 1.06 bits per heavy atom. The van der Waals surface area contributed by atoms with Crippen molar-refractivity contribution in [1.82, 2.24) is 9.78 Å². The molecule has 1 heterocycles. The van der Waals surface area contributed by atoms with Crippen molar-refractivity contribution in [2.75, 3.05) is 5.32 Å². The number of fused-ring (bicyclic) bond motifs is 3. The number of carbonyl (C=O) groups excluding carboxylic acids is 2. The van der Waals surface area contributed by atoms with Gasteiger partial charge in [0, 0.05) is 16.8 Å². The van der Waals surface area contributed by atoms with Crippen LogP contribution in [-0.4, -0.2) is 21.6 Å².